The summed E-state index contributed by atoms with van der Waals surface area (Å²) in [4.78, 5) is 0. The Bertz CT molecular complexity index is 266. The van der Waals surface area contributed by atoms with Crippen LogP contribution in [0, 0.1) is 0 Å². The van der Waals surface area contributed by atoms with Crippen LogP contribution in [0.5, 0.6) is 0 Å². The van der Waals surface area contributed by atoms with E-state index in [0.717, 1.165) is 6.42 Å². The Labute approximate surface area is 86.8 Å². The number of nitrogens with one attached hydrogen (secondary N) is 1. The van der Waals surface area contributed by atoms with Crippen molar-refractivity contribution in [3.8, 4) is 0 Å². The van der Waals surface area contributed by atoms with Gasteiger partial charge in [0.25, 0.3) is 0 Å². The first-order valence-electron chi connectivity index (χ1n) is 5.12. The van der Waals surface area contributed by atoms with Gasteiger partial charge in [-0.3, -0.25) is 0 Å². The van der Waals surface area contributed by atoms with E-state index in [4.69, 9.17) is 0 Å². The normalized spacial score (nSPS) is 14.7. The number of hydrogen-bond donors (Lipinski definition) is 1. The number of likely N-dealkylation sites (N-methyl/N-ethyl adjacent to an activating group) is 1. The second-order valence-electron chi connectivity index (χ2n) is 3.62. The topological polar surface area (TPSA) is 12.0 Å². The highest BCUT2D eigenvalue weighted by molar-refractivity contribution is 5.20. The predicted octanol–water partition coefficient (Wildman–Crippen LogP) is 2.95. The van der Waals surface area contributed by atoms with Gasteiger partial charge in [-0.15, -0.1) is 6.58 Å². The summed E-state index contributed by atoms with van der Waals surface area (Å²) >= 11 is 0. The van der Waals surface area contributed by atoms with E-state index >= 15 is 0 Å². The van der Waals surface area contributed by atoms with Gasteiger partial charge in [-0.25, -0.2) is 0 Å². The molecule has 2 atom stereocenters. The van der Waals surface area contributed by atoms with Crippen molar-refractivity contribution in [3.05, 3.63) is 48.6 Å². The maximum Gasteiger partial charge on any atom is 0.0164 e. The second-order valence-corrected chi connectivity index (χ2v) is 3.62. The van der Waals surface area contributed by atoms with Crippen LogP contribution in [0.3, 0.4) is 0 Å². The molecule has 1 rings (SSSR count). The Hall–Kier alpha value is -1.08. The van der Waals surface area contributed by atoms with Crippen LogP contribution in [0.15, 0.2) is 43.0 Å². The largest absolute Gasteiger partial charge is 0.316 e. The average Bonchev–Trinajstić information content (AvgIpc) is 2.26. The maximum atomic E-state index is 3.78. The molecule has 0 fully saturated rings. The minimum Gasteiger partial charge on any atom is -0.316 e. The van der Waals surface area contributed by atoms with Crippen LogP contribution in [0.4, 0.5) is 0 Å². The maximum absolute atomic E-state index is 3.78. The summed E-state index contributed by atoms with van der Waals surface area (Å²) in [7, 11) is 2.01. The molecule has 1 N–H and O–H groups in total. The average molecular weight is 189 g/mol. The molecule has 0 aliphatic carbocycles. The molecule has 0 heterocycles. The van der Waals surface area contributed by atoms with Gasteiger partial charge in [-0.05, 0) is 24.9 Å². The van der Waals surface area contributed by atoms with Gasteiger partial charge >= 0.3 is 0 Å². The molecule has 0 saturated heterocycles. The van der Waals surface area contributed by atoms with Crippen molar-refractivity contribution in [2.24, 2.45) is 0 Å². The van der Waals surface area contributed by atoms with Gasteiger partial charge in [-0.1, -0.05) is 43.3 Å². The number of rotatable bonds is 5. The molecule has 0 aromatic heterocycles. The van der Waals surface area contributed by atoms with Gasteiger partial charge in [0, 0.05) is 6.04 Å². The van der Waals surface area contributed by atoms with Crippen LogP contribution in [0.25, 0.3) is 0 Å². The highest BCUT2D eigenvalue weighted by Gasteiger charge is 2.14. The van der Waals surface area contributed by atoms with Crippen molar-refractivity contribution < 1.29 is 0 Å². The van der Waals surface area contributed by atoms with E-state index in [1.807, 2.05) is 13.1 Å². The molecule has 0 spiro atoms. The third-order valence-electron chi connectivity index (χ3n) is 2.72. The van der Waals surface area contributed by atoms with Gasteiger partial charge in [0.2, 0.25) is 0 Å². The molecule has 0 amide bonds. The Balaban J connectivity index is 2.72. The van der Waals surface area contributed by atoms with Crippen LogP contribution in [-0.2, 0) is 0 Å². The van der Waals surface area contributed by atoms with Gasteiger partial charge in [0.1, 0.15) is 0 Å². The molecule has 0 saturated carbocycles. The fraction of sp³-hybridized carbons (Fsp3) is 0.385. The molecule has 76 valence electrons. The molecule has 0 aliphatic rings. The van der Waals surface area contributed by atoms with Gasteiger partial charge in [0.15, 0.2) is 0 Å². The highest BCUT2D eigenvalue weighted by atomic mass is 14.9. The SMILES string of the molecule is C=CCC(NC)C(C)c1ccccc1. The van der Waals surface area contributed by atoms with Crippen molar-refractivity contribution in [1.82, 2.24) is 5.32 Å². The summed E-state index contributed by atoms with van der Waals surface area (Å²) in [6.45, 7) is 6.03. The lowest BCUT2D eigenvalue weighted by atomic mass is 9.91. The van der Waals surface area contributed by atoms with Crippen molar-refractivity contribution in [2.45, 2.75) is 25.3 Å². The molecule has 0 aliphatic heterocycles. The van der Waals surface area contributed by atoms with E-state index in [1.165, 1.54) is 5.56 Å². The summed E-state index contributed by atoms with van der Waals surface area (Å²) in [5, 5.41) is 3.33. The molecule has 14 heavy (non-hydrogen) atoms. The standard InChI is InChI=1S/C13H19N/c1-4-8-13(14-3)11(2)12-9-6-5-7-10-12/h4-7,9-11,13-14H,1,8H2,2-3H3. The van der Waals surface area contributed by atoms with Crippen molar-refractivity contribution >= 4 is 0 Å². The van der Waals surface area contributed by atoms with E-state index in [2.05, 4.69) is 49.2 Å². The zero-order valence-electron chi connectivity index (χ0n) is 9.03. The summed E-state index contributed by atoms with van der Waals surface area (Å²) < 4.78 is 0. The first-order valence-corrected chi connectivity index (χ1v) is 5.12. The van der Waals surface area contributed by atoms with Crippen LogP contribution >= 0.6 is 0 Å². The molecule has 1 aromatic rings. The zero-order valence-corrected chi connectivity index (χ0v) is 9.03. The van der Waals surface area contributed by atoms with Crippen LogP contribution in [0.1, 0.15) is 24.8 Å². The van der Waals surface area contributed by atoms with Crippen LogP contribution in [-0.4, -0.2) is 13.1 Å². The van der Waals surface area contributed by atoms with Crippen LogP contribution < -0.4 is 5.32 Å². The summed E-state index contributed by atoms with van der Waals surface area (Å²) in [5.41, 5.74) is 1.38. The lowest BCUT2D eigenvalue weighted by Gasteiger charge is -2.22. The van der Waals surface area contributed by atoms with Crippen molar-refractivity contribution in [1.29, 1.82) is 0 Å². The van der Waals surface area contributed by atoms with Crippen LogP contribution in [0.2, 0.25) is 0 Å². The van der Waals surface area contributed by atoms with E-state index in [1.54, 1.807) is 0 Å². The third-order valence-corrected chi connectivity index (χ3v) is 2.72. The third kappa shape index (κ3) is 2.71. The van der Waals surface area contributed by atoms with Crippen molar-refractivity contribution in [3.63, 3.8) is 0 Å². The number of benzene rings is 1. The Kier molecular flexibility index (Phi) is 4.41. The molecule has 1 nitrogen and oxygen atoms in total. The summed E-state index contributed by atoms with van der Waals surface area (Å²) in [5.74, 6) is 0.527. The fourth-order valence-corrected chi connectivity index (χ4v) is 1.74. The Morgan fingerprint density at radius 2 is 2.00 bits per heavy atom. The Morgan fingerprint density at radius 3 is 2.50 bits per heavy atom. The molecule has 2 unspecified atom stereocenters. The van der Waals surface area contributed by atoms with Gasteiger partial charge < -0.3 is 5.32 Å². The number of hydrogen-bond acceptors (Lipinski definition) is 1. The van der Waals surface area contributed by atoms with Crippen molar-refractivity contribution in [2.75, 3.05) is 7.05 Å². The molecule has 1 aromatic carbocycles. The smallest absolute Gasteiger partial charge is 0.0164 e. The lowest BCUT2D eigenvalue weighted by molar-refractivity contribution is 0.490. The molecule has 1 heteroatoms. The molecular weight excluding hydrogens is 170 g/mol. The monoisotopic (exact) mass is 189 g/mol. The van der Waals surface area contributed by atoms with E-state index in [-0.39, 0.29) is 0 Å². The van der Waals surface area contributed by atoms with E-state index in [0.29, 0.717) is 12.0 Å². The van der Waals surface area contributed by atoms with E-state index in [9.17, 15) is 0 Å². The quantitative estimate of drug-likeness (QED) is 0.702. The minimum absolute atomic E-state index is 0.481. The summed E-state index contributed by atoms with van der Waals surface area (Å²) in [6, 6.07) is 11.1. The second kappa shape index (κ2) is 5.61. The van der Waals surface area contributed by atoms with Gasteiger partial charge in [-0.2, -0.15) is 0 Å². The summed E-state index contributed by atoms with van der Waals surface area (Å²) in [6.07, 6.45) is 2.98. The van der Waals surface area contributed by atoms with Gasteiger partial charge in [0.05, 0.1) is 0 Å². The predicted molar refractivity (Wildman–Crippen MR) is 62.5 cm³/mol. The molecular formula is C13H19N. The van der Waals surface area contributed by atoms with E-state index < -0.39 is 0 Å². The highest BCUT2D eigenvalue weighted by Crippen LogP contribution is 2.20. The Morgan fingerprint density at radius 1 is 1.36 bits per heavy atom. The fourth-order valence-electron chi connectivity index (χ4n) is 1.74. The molecule has 0 bridgehead atoms. The minimum atomic E-state index is 0.481. The first-order chi connectivity index (χ1) is 6.79. The lowest BCUT2D eigenvalue weighted by Crippen LogP contribution is -2.30. The molecule has 0 radical (unpaired) electrons. The zero-order chi connectivity index (χ0) is 10.4. The first kappa shape index (κ1) is 11.0.